The molecular weight excluding hydrogens is 316 g/mol. The second kappa shape index (κ2) is 5.84. The first kappa shape index (κ1) is 15.2. The molecule has 0 saturated heterocycles. The third kappa shape index (κ3) is 2.35. The Morgan fingerprint density at radius 1 is 1.36 bits per heavy atom. The molecule has 0 amide bonds. The van der Waals surface area contributed by atoms with Gasteiger partial charge in [0, 0.05) is 11.4 Å². The van der Waals surface area contributed by atoms with Gasteiger partial charge in [0.25, 0.3) is 0 Å². The highest BCUT2D eigenvalue weighted by Gasteiger charge is 2.36. The standard InChI is InChI=1S/C16H16N2O2S2/c1-2-14-13-8-10-21-15(13)7-9-18(14)22(19,20)16-6-4-3-5-12(16)11-17/h3-6,8,10,14H,2,7,9H2,1H3/t14-/m0/s1. The van der Waals surface area contributed by atoms with Gasteiger partial charge in [-0.25, -0.2) is 8.42 Å². The molecule has 1 aliphatic heterocycles. The highest BCUT2D eigenvalue weighted by atomic mass is 32.2. The highest BCUT2D eigenvalue weighted by molar-refractivity contribution is 7.89. The van der Waals surface area contributed by atoms with Crippen molar-refractivity contribution in [1.29, 1.82) is 5.26 Å². The van der Waals surface area contributed by atoms with E-state index in [0.29, 0.717) is 6.54 Å². The molecule has 6 heteroatoms. The van der Waals surface area contributed by atoms with Crippen molar-refractivity contribution < 1.29 is 8.42 Å². The van der Waals surface area contributed by atoms with Crippen molar-refractivity contribution in [2.75, 3.05) is 6.54 Å². The minimum absolute atomic E-state index is 0.106. The third-order valence-electron chi connectivity index (χ3n) is 4.03. The van der Waals surface area contributed by atoms with E-state index in [0.717, 1.165) is 18.4 Å². The van der Waals surface area contributed by atoms with Crippen LogP contribution >= 0.6 is 11.3 Å². The number of fused-ring (bicyclic) bond motifs is 1. The Morgan fingerprint density at radius 2 is 2.14 bits per heavy atom. The Morgan fingerprint density at radius 3 is 2.86 bits per heavy atom. The number of rotatable bonds is 3. The smallest absolute Gasteiger partial charge is 0.207 e. The lowest BCUT2D eigenvalue weighted by molar-refractivity contribution is 0.303. The molecule has 3 rings (SSSR count). The van der Waals surface area contributed by atoms with Gasteiger partial charge in [-0.1, -0.05) is 19.1 Å². The average molecular weight is 332 g/mol. The highest BCUT2D eigenvalue weighted by Crippen LogP contribution is 2.38. The van der Waals surface area contributed by atoms with Crippen LogP contribution in [-0.2, 0) is 16.4 Å². The van der Waals surface area contributed by atoms with Crippen LogP contribution in [0.4, 0.5) is 0 Å². The number of nitrogens with zero attached hydrogens (tertiary/aromatic N) is 2. The molecule has 0 radical (unpaired) electrons. The Bertz CT molecular complexity index is 834. The maximum atomic E-state index is 13.0. The molecule has 0 unspecified atom stereocenters. The number of sulfonamides is 1. The van der Waals surface area contributed by atoms with Crippen molar-refractivity contribution in [3.05, 3.63) is 51.7 Å². The summed E-state index contributed by atoms with van der Waals surface area (Å²) in [5.74, 6) is 0. The molecule has 2 aromatic rings. The Kier molecular flexibility index (Phi) is 4.04. The maximum Gasteiger partial charge on any atom is 0.244 e. The van der Waals surface area contributed by atoms with Gasteiger partial charge in [-0.05, 0) is 42.0 Å². The molecule has 0 aliphatic carbocycles. The topological polar surface area (TPSA) is 61.2 Å². The van der Waals surface area contributed by atoms with Gasteiger partial charge in [0.2, 0.25) is 10.0 Å². The summed E-state index contributed by atoms with van der Waals surface area (Å²) in [6, 6.07) is 10.3. The fraction of sp³-hybridized carbons (Fsp3) is 0.312. The number of hydrogen-bond acceptors (Lipinski definition) is 4. The number of hydrogen-bond donors (Lipinski definition) is 0. The summed E-state index contributed by atoms with van der Waals surface area (Å²) < 4.78 is 27.6. The van der Waals surface area contributed by atoms with E-state index in [1.807, 2.05) is 24.4 Å². The molecular formula is C16H16N2O2S2. The van der Waals surface area contributed by atoms with Gasteiger partial charge in [-0.3, -0.25) is 0 Å². The van der Waals surface area contributed by atoms with E-state index in [1.54, 1.807) is 33.8 Å². The van der Waals surface area contributed by atoms with Crippen LogP contribution in [0.15, 0.2) is 40.6 Å². The Balaban J connectivity index is 2.08. The summed E-state index contributed by atoms with van der Waals surface area (Å²) in [6.45, 7) is 2.46. The van der Waals surface area contributed by atoms with Gasteiger partial charge >= 0.3 is 0 Å². The van der Waals surface area contributed by atoms with Gasteiger partial charge in [-0.15, -0.1) is 11.3 Å². The summed E-state index contributed by atoms with van der Waals surface area (Å²) in [4.78, 5) is 1.38. The zero-order valence-corrected chi connectivity index (χ0v) is 13.8. The number of benzene rings is 1. The van der Waals surface area contributed by atoms with Crippen molar-refractivity contribution >= 4 is 21.4 Å². The van der Waals surface area contributed by atoms with Crippen LogP contribution in [0.25, 0.3) is 0 Å². The average Bonchev–Trinajstić information content (AvgIpc) is 3.02. The minimum atomic E-state index is -3.67. The minimum Gasteiger partial charge on any atom is -0.207 e. The predicted molar refractivity (Wildman–Crippen MR) is 86.1 cm³/mol. The van der Waals surface area contributed by atoms with E-state index in [-0.39, 0.29) is 16.5 Å². The first-order valence-electron chi connectivity index (χ1n) is 7.16. The zero-order valence-electron chi connectivity index (χ0n) is 12.2. The second-order valence-corrected chi connectivity index (χ2v) is 8.06. The zero-order chi connectivity index (χ0) is 15.7. The molecule has 1 aromatic heterocycles. The quantitative estimate of drug-likeness (QED) is 0.866. The molecule has 0 saturated carbocycles. The fourth-order valence-corrected chi connectivity index (χ4v) is 5.75. The molecule has 1 aliphatic rings. The molecule has 0 fully saturated rings. The van der Waals surface area contributed by atoms with Crippen LogP contribution in [0.3, 0.4) is 0 Å². The predicted octanol–water partition coefficient (Wildman–Crippen LogP) is 3.32. The van der Waals surface area contributed by atoms with Crippen molar-refractivity contribution in [3.8, 4) is 6.07 Å². The van der Waals surface area contributed by atoms with E-state index >= 15 is 0 Å². The van der Waals surface area contributed by atoms with Gasteiger partial charge in [0.05, 0.1) is 16.5 Å². The summed E-state index contributed by atoms with van der Waals surface area (Å²) in [5, 5.41) is 11.2. The lowest BCUT2D eigenvalue weighted by Crippen LogP contribution is -2.39. The first-order valence-corrected chi connectivity index (χ1v) is 9.48. The number of nitriles is 1. The molecule has 0 bridgehead atoms. The number of thiophene rings is 1. The maximum absolute atomic E-state index is 13.0. The van der Waals surface area contributed by atoms with Gasteiger partial charge in [-0.2, -0.15) is 9.57 Å². The Hall–Kier alpha value is -1.68. The molecule has 2 heterocycles. The van der Waals surface area contributed by atoms with Gasteiger partial charge in [0.1, 0.15) is 6.07 Å². The van der Waals surface area contributed by atoms with E-state index in [1.165, 1.54) is 10.9 Å². The van der Waals surface area contributed by atoms with Crippen LogP contribution in [-0.4, -0.2) is 19.3 Å². The largest absolute Gasteiger partial charge is 0.244 e. The van der Waals surface area contributed by atoms with Crippen LogP contribution in [0.2, 0.25) is 0 Å². The van der Waals surface area contributed by atoms with Crippen molar-refractivity contribution in [1.82, 2.24) is 4.31 Å². The third-order valence-corrected chi connectivity index (χ3v) is 6.99. The summed E-state index contributed by atoms with van der Waals surface area (Å²) in [6.07, 6.45) is 1.45. The normalized spacial score (nSPS) is 18.6. The van der Waals surface area contributed by atoms with E-state index in [4.69, 9.17) is 0 Å². The van der Waals surface area contributed by atoms with Crippen molar-refractivity contribution in [3.63, 3.8) is 0 Å². The van der Waals surface area contributed by atoms with E-state index < -0.39 is 10.0 Å². The molecule has 114 valence electrons. The van der Waals surface area contributed by atoms with Gasteiger partial charge in [0.15, 0.2) is 0 Å². The van der Waals surface area contributed by atoms with Crippen molar-refractivity contribution in [2.45, 2.75) is 30.7 Å². The molecule has 0 N–H and O–H groups in total. The van der Waals surface area contributed by atoms with Crippen LogP contribution in [0, 0.1) is 11.3 Å². The SMILES string of the molecule is CC[C@H]1c2ccsc2CCN1S(=O)(=O)c1ccccc1C#N. The van der Waals surface area contributed by atoms with Gasteiger partial charge < -0.3 is 0 Å². The van der Waals surface area contributed by atoms with Crippen LogP contribution in [0.1, 0.15) is 35.4 Å². The van der Waals surface area contributed by atoms with Crippen LogP contribution in [0.5, 0.6) is 0 Å². The molecule has 1 atom stereocenters. The second-order valence-electron chi connectivity index (χ2n) is 5.20. The summed E-state index contributed by atoms with van der Waals surface area (Å²) in [5.41, 5.74) is 1.31. The van der Waals surface area contributed by atoms with E-state index in [9.17, 15) is 13.7 Å². The molecule has 0 spiro atoms. The molecule has 22 heavy (non-hydrogen) atoms. The summed E-state index contributed by atoms with van der Waals surface area (Å²) in [7, 11) is -3.67. The van der Waals surface area contributed by atoms with E-state index in [2.05, 4.69) is 0 Å². The Labute approximate surface area is 134 Å². The monoisotopic (exact) mass is 332 g/mol. The lowest BCUT2D eigenvalue weighted by Gasteiger charge is -2.34. The summed E-state index contributed by atoms with van der Waals surface area (Å²) >= 11 is 1.69. The lowest BCUT2D eigenvalue weighted by atomic mass is 10.0. The van der Waals surface area contributed by atoms with Crippen molar-refractivity contribution in [2.24, 2.45) is 0 Å². The first-order chi connectivity index (χ1) is 10.6. The van der Waals surface area contributed by atoms with Crippen LogP contribution < -0.4 is 0 Å². The molecule has 4 nitrogen and oxygen atoms in total. The fourth-order valence-electron chi connectivity index (χ4n) is 2.99. The molecule has 1 aromatic carbocycles.